The number of carbonyl (C=O) groups excluding carboxylic acids is 3. The van der Waals surface area contributed by atoms with Crippen molar-refractivity contribution in [3.63, 3.8) is 0 Å². The van der Waals surface area contributed by atoms with E-state index < -0.39 is 6.03 Å². The van der Waals surface area contributed by atoms with Gasteiger partial charge in [-0.15, -0.1) is 0 Å². The zero-order valence-electron chi connectivity index (χ0n) is 10.9. The zero-order chi connectivity index (χ0) is 14.3. The molecular formula is C14H13N3O3. The number of anilines is 1. The number of aryl methyl sites for hydroxylation is 1. The van der Waals surface area contributed by atoms with E-state index in [1.54, 1.807) is 6.07 Å². The van der Waals surface area contributed by atoms with Gasteiger partial charge in [0.15, 0.2) is 6.29 Å². The van der Waals surface area contributed by atoms with Crippen molar-refractivity contribution in [3.05, 3.63) is 30.0 Å². The summed E-state index contributed by atoms with van der Waals surface area (Å²) >= 11 is 0. The van der Waals surface area contributed by atoms with E-state index in [2.05, 4.69) is 5.32 Å². The summed E-state index contributed by atoms with van der Waals surface area (Å²) in [5, 5.41) is 3.12. The fourth-order valence-electron chi connectivity index (χ4n) is 2.45. The Morgan fingerprint density at radius 2 is 2.10 bits per heavy atom. The number of nitrogens with zero attached hydrogens (tertiary/aromatic N) is 2. The first kappa shape index (κ1) is 12.4. The maximum atomic E-state index is 11.9. The summed E-state index contributed by atoms with van der Waals surface area (Å²) < 4.78 is 1.89. The number of amides is 3. The smallest absolute Gasteiger partial charge is 0.328 e. The van der Waals surface area contributed by atoms with E-state index in [0.29, 0.717) is 17.8 Å². The Bertz CT molecular complexity index is 733. The lowest BCUT2D eigenvalue weighted by Crippen LogP contribution is -2.49. The summed E-state index contributed by atoms with van der Waals surface area (Å²) in [4.78, 5) is 35.7. The number of hydrogen-bond donors (Lipinski definition) is 1. The van der Waals surface area contributed by atoms with Crippen LogP contribution in [0.1, 0.15) is 16.8 Å². The van der Waals surface area contributed by atoms with Gasteiger partial charge in [-0.05, 0) is 18.2 Å². The molecule has 6 nitrogen and oxygen atoms in total. The van der Waals surface area contributed by atoms with Gasteiger partial charge in [0, 0.05) is 42.8 Å². The van der Waals surface area contributed by atoms with Crippen molar-refractivity contribution in [2.75, 3.05) is 11.4 Å². The minimum Gasteiger partial charge on any atom is -0.350 e. The fraction of sp³-hybridized carbons (Fsp3) is 0.214. The predicted octanol–water partition coefficient (Wildman–Crippen LogP) is 1.44. The highest BCUT2D eigenvalue weighted by molar-refractivity contribution is 6.07. The number of aldehydes is 1. The first-order chi connectivity index (χ1) is 9.60. The van der Waals surface area contributed by atoms with Crippen molar-refractivity contribution in [2.45, 2.75) is 6.42 Å². The molecule has 3 rings (SSSR count). The molecule has 0 unspecified atom stereocenters. The molecule has 0 spiro atoms. The Morgan fingerprint density at radius 1 is 1.30 bits per heavy atom. The lowest BCUT2D eigenvalue weighted by molar-refractivity contribution is -0.120. The lowest BCUT2D eigenvalue weighted by Gasteiger charge is -2.27. The molecule has 0 saturated carbocycles. The number of benzene rings is 1. The highest BCUT2D eigenvalue weighted by Gasteiger charge is 2.25. The number of urea groups is 1. The van der Waals surface area contributed by atoms with Crippen LogP contribution in [-0.4, -0.2) is 29.3 Å². The fourth-order valence-corrected chi connectivity index (χ4v) is 2.45. The number of hydrogen-bond acceptors (Lipinski definition) is 3. The van der Waals surface area contributed by atoms with Crippen molar-refractivity contribution in [3.8, 4) is 0 Å². The zero-order valence-corrected chi connectivity index (χ0v) is 10.9. The monoisotopic (exact) mass is 271 g/mol. The largest absolute Gasteiger partial charge is 0.350 e. The minimum atomic E-state index is -0.452. The maximum Gasteiger partial charge on any atom is 0.328 e. The second-order valence-corrected chi connectivity index (χ2v) is 4.77. The van der Waals surface area contributed by atoms with Crippen LogP contribution in [0.2, 0.25) is 0 Å². The van der Waals surface area contributed by atoms with Crippen molar-refractivity contribution in [1.82, 2.24) is 9.88 Å². The average molecular weight is 271 g/mol. The maximum absolute atomic E-state index is 11.9. The van der Waals surface area contributed by atoms with E-state index in [1.165, 1.54) is 4.90 Å². The third-order valence-corrected chi connectivity index (χ3v) is 3.51. The molecule has 2 heterocycles. The number of rotatable bonds is 2. The second-order valence-electron chi connectivity index (χ2n) is 4.77. The predicted molar refractivity (Wildman–Crippen MR) is 73.8 cm³/mol. The molecule has 1 saturated heterocycles. The van der Waals surface area contributed by atoms with Crippen LogP contribution < -0.4 is 10.2 Å². The van der Waals surface area contributed by atoms with Gasteiger partial charge in [-0.2, -0.15) is 0 Å². The number of imide groups is 1. The standard InChI is InChI=1S/C14H13N3O3/c1-16-4-2-11-9(8-18)6-10(7-12(11)16)17-5-3-13(19)15-14(17)20/h2,4,6-8H,3,5H2,1H3,(H,15,19,20). The number of fused-ring (bicyclic) bond motifs is 1. The number of carbonyl (C=O) groups is 3. The Hall–Kier alpha value is -2.63. The third kappa shape index (κ3) is 1.85. The summed E-state index contributed by atoms with van der Waals surface area (Å²) in [5.74, 6) is -0.276. The molecule has 1 N–H and O–H groups in total. The Balaban J connectivity index is 2.12. The highest BCUT2D eigenvalue weighted by atomic mass is 16.2. The average Bonchev–Trinajstić information content (AvgIpc) is 2.80. The van der Waals surface area contributed by atoms with Gasteiger partial charge in [-0.25, -0.2) is 4.79 Å². The summed E-state index contributed by atoms with van der Waals surface area (Å²) in [5.41, 5.74) is 2.02. The van der Waals surface area contributed by atoms with E-state index in [-0.39, 0.29) is 12.3 Å². The summed E-state index contributed by atoms with van der Waals surface area (Å²) in [6, 6.07) is 4.93. The molecule has 1 aromatic carbocycles. The van der Waals surface area contributed by atoms with Gasteiger partial charge in [-0.3, -0.25) is 19.8 Å². The molecule has 3 amide bonds. The Kier molecular flexibility index (Phi) is 2.78. The van der Waals surface area contributed by atoms with E-state index in [1.807, 2.05) is 29.9 Å². The molecule has 20 heavy (non-hydrogen) atoms. The SMILES string of the molecule is Cn1ccc2c(C=O)cc(N3CCC(=O)NC3=O)cc21. The molecule has 1 aliphatic rings. The van der Waals surface area contributed by atoms with Crippen LogP contribution in [0.5, 0.6) is 0 Å². The van der Waals surface area contributed by atoms with E-state index in [0.717, 1.165) is 17.2 Å². The van der Waals surface area contributed by atoms with Gasteiger partial charge in [0.25, 0.3) is 0 Å². The van der Waals surface area contributed by atoms with Crippen molar-refractivity contribution in [2.24, 2.45) is 7.05 Å². The van der Waals surface area contributed by atoms with E-state index >= 15 is 0 Å². The molecule has 1 aromatic heterocycles. The van der Waals surface area contributed by atoms with Crippen LogP contribution in [-0.2, 0) is 11.8 Å². The molecule has 0 atom stereocenters. The van der Waals surface area contributed by atoms with Crippen LogP contribution in [0, 0.1) is 0 Å². The topological polar surface area (TPSA) is 71.4 Å². The Morgan fingerprint density at radius 3 is 2.80 bits per heavy atom. The van der Waals surface area contributed by atoms with E-state index in [9.17, 15) is 14.4 Å². The van der Waals surface area contributed by atoms with Crippen LogP contribution >= 0.6 is 0 Å². The molecule has 1 aliphatic heterocycles. The van der Waals surface area contributed by atoms with E-state index in [4.69, 9.17) is 0 Å². The second kappa shape index (κ2) is 4.48. The van der Waals surface area contributed by atoms with Crippen LogP contribution in [0.4, 0.5) is 10.5 Å². The summed E-state index contributed by atoms with van der Waals surface area (Å²) in [6.45, 7) is 0.318. The number of aromatic nitrogens is 1. The molecule has 0 aliphatic carbocycles. The van der Waals surface area contributed by atoms with Crippen LogP contribution in [0.3, 0.4) is 0 Å². The van der Waals surface area contributed by atoms with Gasteiger partial charge >= 0.3 is 6.03 Å². The van der Waals surface area contributed by atoms with Gasteiger partial charge in [-0.1, -0.05) is 0 Å². The third-order valence-electron chi connectivity index (χ3n) is 3.51. The van der Waals surface area contributed by atoms with Crippen molar-refractivity contribution < 1.29 is 14.4 Å². The quantitative estimate of drug-likeness (QED) is 0.840. The number of nitrogens with one attached hydrogen (secondary N) is 1. The Labute approximate surface area is 115 Å². The molecule has 0 bridgehead atoms. The first-order valence-electron chi connectivity index (χ1n) is 6.26. The lowest BCUT2D eigenvalue weighted by atomic mass is 10.1. The highest BCUT2D eigenvalue weighted by Crippen LogP contribution is 2.27. The minimum absolute atomic E-state index is 0.257. The normalized spacial score (nSPS) is 15.6. The van der Waals surface area contributed by atoms with Crippen LogP contribution in [0.25, 0.3) is 10.9 Å². The molecule has 2 aromatic rings. The van der Waals surface area contributed by atoms with Gasteiger partial charge in [0.05, 0.1) is 5.52 Å². The van der Waals surface area contributed by atoms with Crippen molar-refractivity contribution >= 4 is 34.8 Å². The first-order valence-corrected chi connectivity index (χ1v) is 6.26. The van der Waals surface area contributed by atoms with Crippen molar-refractivity contribution in [1.29, 1.82) is 0 Å². The molecule has 6 heteroatoms. The van der Waals surface area contributed by atoms with Gasteiger partial charge < -0.3 is 4.57 Å². The van der Waals surface area contributed by atoms with Crippen LogP contribution in [0.15, 0.2) is 24.4 Å². The summed E-state index contributed by atoms with van der Waals surface area (Å²) in [7, 11) is 1.88. The van der Waals surface area contributed by atoms with Gasteiger partial charge in [0.1, 0.15) is 0 Å². The molecular weight excluding hydrogens is 258 g/mol. The summed E-state index contributed by atoms with van der Waals surface area (Å²) in [6.07, 6.45) is 2.90. The molecule has 1 fully saturated rings. The van der Waals surface area contributed by atoms with Gasteiger partial charge in [0.2, 0.25) is 5.91 Å². The molecule has 102 valence electrons. The molecule has 0 radical (unpaired) electrons.